The van der Waals surface area contributed by atoms with Gasteiger partial charge in [0.15, 0.2) is 5.16 Å². The van der Waals surface area contributed by atoms with Gasteiger partial charge in [-0.05, 0) is 63.6 Å². The number of thioether (sulfide) groups is 1. The monoisotopic (exact) mass is 442 g/mol. The zero-order valence-electron chi connectivity index (χ0n) is 17.7. The van der Waals surface area contributed by atoms with Crippen molar-refractivity contribution in [3.8, 4) is 5.69 Å². The predicted octanol–water partition coefficient (Wildman–Crippen LogP) is 5.00. The standard InChI is InChI=1S/C23H26N2O3S2/c1-13(2)28-22(27)15(4)29-23-24-20-19(17-11-10-14(3)12-18(17)30-20)21(26)25(23)16-8-6-5-7-9-16/h5-9,13-15H,10-12H2,1-4H3. The van der Waals surface area contributed by atoms with E-state index in [9.17, 15) is 9.59 Å². The van der Waals surface area contributed by atoms with E-state index in [0.717, 1.165) is 35.2 Å². The van der Waals surface area contributed by atoms with Gasteiger partial charge in [-0.3, -0.25) is 14.2 Å². The highest BCUT2D eigenvalue weighted by atomic mass is 32.2. The molecule has 3 aromatic rings. The summed E-state index contributed by atoms with van der Waals surface area (Å²) in [7, 11) is 0. The van der Waals surface area contributed by atoms with E-state index in [1.165, 1.54) is 22.2 Å². The summed E-state index contributed by atoms with van der Waals surface area (Å²) in [5, 5.41) is 0.799. The number of hydrogen-bond donors (Lipinski definition) is 0. The Kier molecular flexibility index (Phi) is 6.02. The molecule has 0 fully saturated rings. The molecular formula is C23H26N2O3S2. The second kappa shape index (κ2) is 8.55. The van der Waals surface area contributed by atoms with E-state index in [4.69, 9.17) is 9.72 Å². The molecular weight excluding hydrogens is 416 g/mol. The first-order valence-electron chi connectivity index (χ1n) is 10.3. The second-order valence-corrected chi connectivity index (χ2v) is 10.5. The van der Waals surface area contributed by atoms with Crippen molar-refractivity contribution in [2.24, 2.45) is 5.92 Å². The van der Waals surface area contributed by atoms with E-state index in [2.05, 4.69) is 6.92 Å². The van der Waals surface area contributed by atoms with E-state index in [0.29, 0.717) is 11.1 Å². The quantitative estimate of drug-likeness (QED) is 0.316. The summed E-state index contributed by atoms with van der Waals surface area (Å²) in [6.07, 6.45) is 2.84. The molecule has 0 radical (unpaired) electrons. The Balaban J connectivity index is 1.86. The van der Waals surface area contributed by atoms with Crippen molar-refractivity contribution in [1.82, 2.24) is 9.55 Å². The van der Waals surface area contributed by atoms with Crippen LogP contribution >= 0.6 is 23.1 Å². The van der Waals surface area contributed by atoms with Crippen molar-refractivity contribution in [3.05, 3.63) is 51.1 Å². The number of rotatable bonds is 5. The van der Waals surface area contributed by atoms with Crippen molar-refractivity contribution in [2.75, 3.05) is 0 Å². The number of nitrogens with zero attached hydrogens (tertiary/aromatic N) is 2. The lowest BCUT2D eigenvalue weighted by Crippen LogP contribution is -2.25. The molecule has 0 N–H and O–H groups in total. The van der Waals surface area contributed by atoms with E-state index in [1.54, 1.807) is 22.8 Å². The zero-order valence-corrected chi connectivity index (χ0v) is 19.3. The molecule has 2 heterocycles. The highest BCUT2D eigenvalue weighted by Crippen LogP contribution is 2.37. The highest BCUT2D eigenvalue weighted by Gasteiger charge is 2.27. The van der Waals surface area contributed by atoms with Gasteiger partial charge < -0.3 is 4.74 Å². The second-order valence-electron chi connectivity index (χ2n) is 8.15. The van der Waals surface area contributed by atoms with Gasteiger partial charge in [-0.15, -0.1) is 11.3 Å². The fourth-order valence-corrected chi connectivity index (χ4v) is 6.13. The molecule has 0 saturated carbocycles. The van der Waals surface area contributed by atoms with Crippen LogP contribution in [-0.2, 0) is 22.4 Å². The molecule has 0 bridgehead atoms. The average Bonchev–Trinajstić information content (AvgIpc) is 3.05. The Labute approximate surface area is 184 Å². The Morgan fingerprint density at radius 2 is 2.00 bits per heavy atom. The lowest BCUT2D eigenvalue weighted by molar-refractivity contribution is -0.146. The van der Waals surface area contributed by atoms with Crippen LogP contribution in [0.15, 0.2) is 40.3 Å². The summed E-state index contributed by atoms with van der Waals surface area (Å²) in [6, 6.07) is 9.53. The van der Waals surface area contributed by atoms with E-state index >= 15 is 0 Å². The van der Waals surface area contributed by atoms with Crippen LogP contribution in [-0.4, -0.2) is 26.9 Å². The molecule has 158 valence electrons. The molecule has 0 spiro atoms. The largest absolute Gasteiger partial charge is 0.462 e. The maximum Gasteiger partial charge on any atom is 0.319 e. The molecule has 4 rings (SSSR count). The zero-order chi connectivity index (χ0) is 21.4. The van der Waals surface area contributed by atoms with Crippen LogP contribution in [0.2, 0.25) is 0 Å². The van der Waals surface area contributed by atoms with Gasteiger partial charge in [-0.1, -0.05) is 36.9 Å². The van der Waals surface area contributed by atoms with Crippen LogP contribution in [0.5, 0.6) is 0 Å². The van der Waals surface area contributed by atoms with Crippen LogP contribution in [0.1, 0.15) is 44.6 Å². The molecule has 2 unspecified atom stereocenters. The first-order chi connectivity index (χ1) is 14.3. The summed E-state index contributed by atoms with van der Waals surface area (Å²) in [5.41, 5.74) is 1.87. The Morgan fingerprint density at radius 1 is 1.27 bits per heavy atom. The molecule has 0 aliphatic heterocycles. The lowest BCUT2D eigenvalue weighted by Gasteiger charge is -2.18. The molecule has 30 heavy (non-hydrogen) atoms. The van der Waals surface area contributed by atoms with E-state index in [-0.39, 0.29) is 17.6 Å². The first-order valence-corrected chi connectivity index (χ1v) is 12.0. The summed E-state index contributed by atoms with van der Waals surface area (Å²) in [6.45, 7) is 7.71. The highest BCUT2D eigenvalue weighted by molar-refractivity contribution is 8.00. The van der Waals surface area contributed by atoms with Crippen LogP contribution in [0.3, 0.4) is 0 Å². The number of carbonyl (C=O) groups is 1. The van der Waals surface area contributed by atoms with Crippen molar-refractivity contribution in [1.29, 1.82) is 0 Å². The summed E-state index contributed by atoms with van der Waals surface area (Å²) < 4.78 is 7.00. The molecule has 1 aromatic carbocycles. The van der Waals surface area contributed by atoms with Crippen LogP contribution < -0.4 is 5.56 Å². The molecule has 5 nitrogen and oxygen atoms in total. The molecule has 1 aliphatic carbocycles. The number of aryl methyl sites for hydroxylation is 1. The van der Waals surface area contributed by atoms with Crippen molar-refractivity contribution >= 4 is 39.3 Å². The van der Waals surface area contributed by atoms with E-state index < -0.39 is 5.25 Å². The SMILES string of the molecule is CC1CCc2c(sc3nc(SC(C)C(=O)OC(C)C)n(-c4ccccc4)c(=O)c23)C1. The van der Waals surface area contributed by atoms with Gasteiger partial charge in [0.25, 0.3) is 5.56 Å². The van der Waals surface area contributed by atoms with Crippen LogP contribution in [0.25, 0.3) is 15.9 Å². The number of hydrogen-bond acceptors (Lipinski definition) is 6. The van der Waals surface area contributed by atoms with Gasteiger partial charge in [-0.25, -0.2) is 4.98 Å². The molecule has 7 heteroatoms. The number of benzene rings is 1. The first kappa shape index (κ1) is 21.1. The number of para-hydroxylation sites is 1. The maximum atomic E-state index is 13.7. The number of thiophene rings is 1. The lowest BCUT2D eigenvalue weighted by atomic mass is 9.89. The number of fused-ring (bicyclic) bond motifs is 3. The van der Waals surface area contributed by atoms with Gasteiger partial charge in [0.05, 0.1) is 17.2 Å². The fourth-order valence-electron chi connectivity index (χ4n) is 3.79. The number of carbonyl (C=O) groups excluding carboxylic acids is 1. The van der Waals surface area contributed by atoms with E-state index in [1.807, 2.05) is 44.2 Å². The maximum absolute atomic E-state index is 13.7. The minimum absolute atomic E-state index is 0.0508. The fraction of sp³-hybridized carbons (Fsp3) is 0.435. The van der Waals surface area contributed by atoms with Gasteiger partial charge in [-0.2, -0.15) is 0 Å². The van der Waals surface area contributed by atoms with Gasteiger partial charge in [0.2, 0.25) is 0 Å². The third-order valence-corrected chi connectivity index (χ3v) is 7.46. The molecule has 1 aliphatic rings. The minimum Gasteiger partial charge on any atom is -0.462 e. The summed E-state index contributed by atoms with van der Waals surface area (Å²) >= 11 is 2.90. The Morgan fingerprint density at radius 3 is 2.70 bits per heavy atom. The Bertz CT molecular complexity index is 1130. The summed E-state index contributed by atoms with van der Waals surface area (Å²) in [5.74, 6) is 0.324. The van der Waals surface area contributed by atoms with Crippen molar-refractivity contribution in [2.45, 2.75) is 63.5 Å². The van der Waals surface area contributed by atoms with Crippen molar-refractivity contribution in [3.63, 3.8) is 0 Å². The summed E-state index contributed by atoms with van der Waals surface area (Å²) in [4.78, 5) is 33.0. The average molecular weight is 443 g/mol. The molecule has 2 aromatic heterocycles. The van der Waals surface area contributed by atoms with Gasteiger partial charge in [0.1, 0.15) is 10.1 Å². The number of esters is 1. The van der Waals surface area contributed by atoms with Crippen LogP contribution in [0.4, 0.5) is 0 Å². The van der Waals surface area contributed by atoms with Crippen LogP contribution in [0, 0.1) is 5.92 Å². The predicted molar refractivity (Wildman–Crippen MR) is 123 cm³/mol. The van der Waals surface area contributed by atoms with Gasteiger partial charge >= 0.3 is 5.97 Å². The van der Waals surface area contributed by atoms with Gasteiger partial charge in [0, 0.05) is 4.88 Å². The minimum atomic E-state index is -0.471. The number of aromatic nitrogens is 2. The topological polar surface area (TPSA) is 61.2 Å². The molecule has 0 amide bonds. The smallest absolute Gasteiger partial charge is 0.319 e. The molecule has 2 atom stereocenters. The third kappa shape index (κ3) is 4.05. The number of ether oxygens (including phenoxy) is 1. The Hall–Kier alpha value is -2.12. The molecule has 0 saturated heterocycles. The van der Waals surface area contributed by atoms with Crippen molar-refractivity contribution < 1.29 is 9.53 Å². The normalized spacial score (nSPS) is 17.2. The third-order valence-electron chi connectivity index (χ3n) is 5.28.